The van der Waals surface area contributed by atoms with Crippen LogP contribution in [0.1, 0.15) is 25.5 Å². The molecule has 2 rings (SSSR count). The summed E-state index contributed by atoms with van der Waals surface area (Å²) in [6.45, 7) is 4.37. The average Bonchev–Trinajstić information content (AvgIpc) is 2.46. The van der Waals surface area contributed by atoms with Crippen molar-refractivity contribution in [2.45, 2.75) is 30.3 Å². The zero-order valence-electron chi connectivity index (χ0n) is 11.2. The van der Waals surface area contributed by atoms with Crippen LogP contribution < -0.4 is 5.73 Å². The summed E-state index contributed by atoms with van der Waals surface area (Å²) >= 11 is 1.65. The summed E-state index contributed by atoms with van der Waals surface area (Å²) in [7, 11) is 0. The molecule has 2 aromatic rings. The van der Waals surface area contributed by atoms with Crippen molar-refractivity contribution in [3.8, 4) is 0 Å². The standard InChI is InChI=1S/C15H19N3S/c1-11(2)14(19-15-17-9-6-10-18-15)13(16)12-7-4-3-5-8-12/h3-11,13-14H,16H2,1-2H3. The van der Waals surface area contributed by atoms with Gasteiger partial charge < -0.3 is 5.73 Å². The third kappa shape index (κ3) is 3.78. The molecule has 3 nitrogen and oxygen atoms in total. The Morgan fingerprint density at radius 3 is 2.21 bits per heavy atom. The monoisotopic (exact) mass is 273 g/mol. The van der Waals surface area contributed by atoms with Gasteiger partial charge in [0.05, 0.1) is 0 Å². The lowest BCUT2D eigenvalue weighted by molar-refractivity contribution is 0.526. The molecule has 100 valence electrons. The van der Waals surface area contributed by atoms with Crippen molar-refractivity contribution in [1.29, 1.82) is 0 Å². The van der Waals surface area contributed by atoms with E-state index in [0.29, 0.717) is 5.92 Å². The first-order valence-corrected chi connectivity index (χ1v) is 7.30. The molecule has 0 fully saturated rings. The van der Waals surface area contributed by atoms with Crippen LogP contribution in [0.25, 0.3) is 0 Å². The Morgan fingerprint density at radius 2 is 1.63 bits per heavy atom. The first-order chi connectivity index (χ1) is 9.18. The lowest BCUT2D eigenvalue weighted by Crippen LogP contribution is -2.28. The average molecular weight is 273 g/mol. The number of nitrogens with two attached hydrogens (primary N) is 1. The molecule has 1 aromatic carbocycles. The molecular weight excluding hydrogens is 254 g/mol. The molecular formula is C15H19N3S. The fourth-order valence-electron chi connectivity index (χ4n) is 1.96. The molecule has 0 bridgehead atoms. The highest BCUT2D eigenvalue weighted by Gasteiger charge is 2.24. The van der Waals surface area contributed by atoms with E-state index in [9.17, 15) is 0 Å². The van der Waals surface area contributed by atoms with Crippen LogP contribution in [-0.4, -0.2) is 15.2 Å². The van der Waals surface area contributed by atoms with Crippen LogP contribution in [0.3, 0.4) is 0 Å². The van der Waals surface area contributed by atoms with Crippen molar-refractivity contribution in [1.82, 2.24) is 9.97 Å². The van der Waals surface area contributed by atoms with Crippen molar-refractivity contribution >= 4 is 11.8 Å². The molecule has 0 radical (unpaired) electrons. The van der Waals surface area contributed by atoms with Gasteiger partial charge in [-0.05, 0) is 17.5 Å². The van der Waals surface area contributed by atoms with Gasteiger partial charge in [-0.15, -0.1) is 0 Å². The van der Waals surface area contributed by atoms with Gasteiger partial charge in [-0.1, -0.05) is 55.9 Å². The molecule has 19 heavy (non-hydrogen) atoms. The van der Waals surface area contributed by atoms with E-state index in [-0.39, 0.29) is 11.3 Å². The van der Waals surface area contributed by atoms with Gasteiger partial charge in [-0.25, -0.2) is 9.97 Å². The second kappa shape index (κ2) is 6.68. The van der Waals surface area contributed by atoms with Crippen LogP contribution >= 0.6 is 11.8 Å². The van der Waals surface area contributed by atoms with E-state index in [4.69, 9.17) is 5.73 Å². The number of hydrogen-bond acceptors (Lipinski definition) is 4. The quantitative estimate of drug-likeness (QED) is 0.671. The van der Waals surface area contributed by atoms with E-state index < -0.39 is 0 Å². The highest BCUT2D eigenvalue weighted by molar-refractivity contribution is 7.99. The zero-order valence-corrected chi connectivity index (χ0v) is 12.0. The first-order valence-electron chi connectivity index (χ1n) is 6.42. The SMILES string of the molecule is CC(C)C(Sc1ncccn1)C(N)c1ccccc1. The van der Waals surface area contributed by atoms with E-state index in [0.717, 1.165) is 10.7 Å². The summed E-state index contributed by atoms with van der Waals surface area (Å²) in [4.78, 5) is 8.55. The summed E-state index contributed by atoms with van der Waals surface area (Å²) in [6.07, 6.45) is 3.53. The van der Waals surface area contributed by atoms with E-state index in [1.54, 1.807) is 24.2 Å². The summed E-state index contributed by atoms with van der Waals surface area (Å²) in [6, 6.07) is 12.0. The fraction of sp³-hybridized carbons (Fsp3) is 0.333. The van der Waals surface area contributed by atoms with Crippen LogP contribution in [0.5, 0.6) is 0 Å². The van der Waals surface area contributed by atoms with Crippen LogP contribution in [0, 0.1) is 5.92 Å². The van der Waals surface area contributed by atoms with Crippen LogP contribution in [0.4, 0.5) is 0 Å². The number of nitrogens with zero attached hydrogens (tertiary/aromatic N) is 2. The highest BCUT2D eigenvalue weighted by Crippen LogP contribution is 2.33. The predicted molar refractivity (Wildman–Crippen MR) is 79.9 cm³/mol. The molecule has 0 saturated heterocycles. The van der Waals surface area contributed by atoms with E-state index >= 15 is 0 Å². The summed E-state index contributed by atoms with van der Waals surface area (Å²) in [5.41, 5.74) is 7.57. The largest absolute Gasteiger partial charge is 0.323 e. The summed E-state index contributed by atoms with van der Waals surface area (Å²) in [5, 5.41) is 1.04. The van der Waals surface area contributed by atoms with Gasteiger partial charge in [-0.3, -0.25) is 0 Å². The Labute approximate surface area is 118 Å². The van der Waals surface area contributed by atoms with Gasteiger partial charge in [0.15, 0.2) is 5.16 Å². The maximum Gasteiger partial charge on any atom is 0.187 e. The minimum absolute atomic E-state index is 0.0185. The molecule has 0 aliphatic carbocycles. The number of thioether (sulfide) groups is 1. The minimum Gasteiger partial charge on any atom is -0.323 e. The van der Waals surface area contributed by atoms with E-state index in [1.807, 2.05) is 24.3 Å². The third-order valence-corrected chi connectivity index (χ3v) is 4.51. The number of hydrogen-bond donors (Lipinski definition) is 1. The van der Waals surface area contributed by atoms with Gasteiger partial charge in [0.1, 0.15) is 0 Å². The number of aromatic nitrogens is 2. The first kappa shape index (κ1) is 14.0. The Hall–Kier alpha value is -1.39. The van der Waals surface area contributed by atoms with E-state index in [2.05, 4.69) is 35.9 Å². The number of benzene rings is 1. The van der Waals surface area contributed by atoms with Crippen molar-refractivity contribution < 1.29 is 0 Å². The second-order valence-corrected chi connectivity index (χ2v) is 5.94. The van der Waals surface area contributed by atoms with Gasteiger partial charge in [-0.2, -0.15) is 0 Å². The molecule has 2 unspecified atom stereocenters. The third-order valence-electron chi connectivity index (χ3n) is 2.98. The van der Waals surface area contributed by atoms with Crippen molar-refractivity contribution in [2.24, 2.45) is 11.7 Å². The Balaban J connectivity index is 2.17. The van der Waals surface area contributed by atoms with Crippen molar-refractivity contribution in [2.75, 3.05) is 0 Å². The van der Waals surface area contributed by atoms with Crippen molar-refractivity contribution in [3.63, 3.8) is 0 Å². The predicted octanol–water partition coefficient (Wildman–Crippen LogP) is 3.29. The summed E-state index contributed by atoms with van der Waals surface area (Å²) < 4.78 is 0. The molecule has 0 amide bonds. The van der Waals surface area contributed by atoms with Gasteiger partial charge in [0.2, 0.25) is 0 Å². The normalized spacial score (nSPS) is 14.3. The Kier molecular flexibility index (Phi) is 4.93. The lowest BCUT2D eigenvalue weighted by Gasteiger charge is -2.26. The second-order valence-electron chi connectivity index (χ2n) is 4.79. The lowest BCUT2D eigenvalue weighted by atomic mass is 9.97. The minimum atomic E-state index is -0.0185. The molecule has 0 aliphatic heterocycles. The Bertz CT molecular complexity index is 487. The molecule has 0 aliphatic rings. The zero-order chi connectivity index (χ0) is 13.7. The molecule has 2 atom stereocenters. The molecule has 1 aromatic heterocycles. The summed E-state index contributed by atoms with van der Waals surface area (Å²) in [5.74, 6) is 0.448. The molecule has 1 heterocycles. The number of rotatable bonds is 5. The Morgan fingerprint density at radius 1 is 1.00 bits per heavy atom. The van der Waals surface area contributed by atoms with Crippen LogP contribution in [0.15, 0.2) is 53.9 Å². The molecule has 0 saturated carbocycles. The van der Waals surface area contributed by atoms with Crippen LogP contribution in [0.2, 0.25) is 0 Å². The topological polar surface area (TPSA) is 51.8 Å². The van der Waals surface area contributed by atoms with E-state index in [1.165, 1.54) is 0 Å². The van der Waals surface area contributed by atoms with Gasteiger partial charge >= 0.3 is 0 Å². The maximum atomic E-state index is 6.41. The molecule has 4 heteroatoms. The smallest absolute Gasteiger partial charge is 0.187 e. The maximum absolute atomic E-state index is 6.41. The van der Waals surface area contributed by atoms with Gasteiger partial charge in [0.25, 0.3) is 0 Å². The molecule has 0 spiro atoms. The van der Waals surface area contributed by atoms with Crippen LogP contribution in [-0.2, 0) is 0 Å². The van der Waals surface area contributed by atoms with Gasteiger partial charge in [0, 0.05) is 23.7 Å². The fourth-order valence-corrected chi connectivity index (χ4v) is 3.02. The highest BCUT2D eigenvalue weighted by atomic mass is 32.2. The molecule has 2 N–H and O–H groups in total. The van der Waals surface area contributed by atoms with Crippen molar-refractivity contribution in [3.05, 3.63) is 54.4 Å².